The third-order valence-corrected chi connectivity index (χ3v) is 3.69. The van der Waals surface area contributed by atoms with Crippen LogP contribution in [-0.4, -0.2) is 16.3 Å². The molecule has 0 bridgehead atoms. The molecule has 0 spiro atoms. The van der Waals surface area contributed by atoms with E-state index in [0.717, 1.165) is 29.5 Å². The average molecular weight is 326 g/mol. The van der Waals surface area contributed by atoms with Crippen LogP contribution in [0.4, 0.5) is 4.39 Å². The fourth-order valence-corrected chi connectivity index (χ4v) is 2.65. The first-order chi connectivity index (χ1) is 9.16. The molecule has 0 aliphatic carbocycles. The maximum absolute atomic E-state index is 13.0. The van der Waals surface area contributed by atoms with Crippen LogP contribution in [0.15, 0.2) is 41.1 Å². The summed E-state index contributed by atoms with van der Waals surface area (Å²) in [6, 6.07) is 6.91. The van der Waals surface area contributed by atoms with Gasteiger partial charge in [-0.15, -0.1) is 0 Å². The molecule has 0 aliphatic heterocycles. The highest BCUT2D eigenvalue weighted by molar-refractivity contribution is 9.10. The van der Waals surface area contributed by atoms with Crippen LogP contribution in [0, 0.1) is 5.82 Å². The zero-order valence-electron chi connectivity index (χ0n) is 10.8. The van der Waals surface area contributed by atoms with E-state index in [1.807, 2.05) is 23.0 Å². The number of halogens is 2. The first-order valence-electron chi connectivity index (χ1n) is 6.32. The summed E-state index contributed by atoms with van der Waals surface area (Å²) in [5.41, 5.74) is 1.07. The molecule has 0 amide bonds. The number of aryl methyl sites for hydroxylation is 1. The van der Waals surface area contributed by atoms with Crippen LogP contribution in [0.2, 0.25) is 0 Å². The molecule has 1 heterocycles. The fraction of sp³-hybridized carbons (Fsp3) is 0.357. The quantitative estimate of drug-likeness (QED) is 0.823. The van der Waals surface area contributed by atoms with Gasteiger partial charge in [-0.1, -0.05) is 22.0 Å². The molecule has 0 saturated carbocycles. The molecular weight excluding hydrogens is 309 g/mol. The Morgan fingerprint density at radius 3 is 3.00 bits per heavy atom. The summed E-state index contributed by atoms with van der Waals surface area (Å²) in [7, 11) is 0. The third-order valence-electron chi connectivity index (χ3n) is 3.00. The third kappa shape index (κ3) is 4.14. The lowest BCUT2D eigenvalue weighted by atomic mass is 10.1. The standard InChI is InChI=1S/C14H17BrFN3/c1-11(13-5-4-12(16)10-14(13)15)17-6-2-8-19-9-3-7-18-19/h3-5,7,9-11,17H,2,6,8H2,1H3. The van der Waals surface area contributed by atoms with Crippen LogP contribution < -0.4 is 5.32 Å². The van der Waals surface area contributed by atoms with E-state index in [1.165, 1.54) is 12.1 Å². The molecule has 1 N–H and O–H groups in total. The summed E-state index contributed by atoms with van der Waals surface area (Å²) in [6.07, 6.45) is 4.75. The van der Waals surface area contributed by atoms with E-state index in [-0.39, 0.29) is 11.9 Å². The molecule has 0 aliphatic rings. The Bertz CT molecular complexity index is 513. The second-order valence-electron chi connectivity index (χ2n) is 4.46. The van der Waals surface area contributed by atoms with Gasteiger partial charge in [-0.05, 0) is 43.7 Å². The van der Waals surface area contributed by atoms with Crippen molar-refractivity contribution in [1.82, 2.24) is 15.1 Å². The zero-order valence-corrected chi connectivity index (χ0v) is 12.4. The van der Waals surface area contributed by atoms with Crippen molar-refractivity contribution in [2.24, 2.45) is 0 Å². The minimum Gasteiger partial charge on any atom is -0.310 e. The van der Waals surface area contributed by atoms with E-state index in [0.29, 0.717) is 0 Å². The molecule has 0 saturated heterocycles. The fourth-order valence-electron chi connectivity index (χ4n) is 1.95. The van der Waals surface area contributed by atoms with Crippen molar-refractivity contribution in [3.05, 3.63) is 52.5 Å². The van der Waals surface area contributed by atoms with Gasteiger partial charge in [-0.25, -0.2) is 4.39 Å². The topological polar surface area (TPSA) is 29.9 Å². The summed E-state index contributed by atoms with van der Waals surface area (Å²) in [6.45, 7) is 3.87. The molecule has 19 heavy (non-hydrogen) atoms. The Kier molecular flexibility index (Phi) is 5.10. The van der Waals surface area contributed by atoms with Gasteiger partial charge in [0.25, 0.3) is 0 Å². The summed E-state index contributed by atoms with van der Waals surface area (Å²) < 4.78 is 15.7. The van der Waals surface area contributed by atoms with E-state index in [9.17, 15) is 4.39 Å². The minimum absolute atomic E-state index is 0.188. The molecule has 0 radical (unpaired) electrons. The number of rotatable bonds is 6. The van der Waals surface area contributed by atoms with Crippen molar-refractivity contribution < 1.29 is 4.39 Å². The van der Waals surface area contributed by atoms with Crippen molar-refractivity contribution in [3.63, 3.8) is 0 Å². The predicted octanol–water partition coefficient (Wildman–Crippen LogP) is 3.53. The van der Waals surface area contributed by atoms with Crippen LogP contribution in [-0.2, 0) is 6.54 Å². The van der Waals surface area contributed by atoms with Crippen molar-refractivity contribution in [2.75, 3.05) is 6.54 Å². The molecule has 0 fully saturated rings. The van der Waals surface area contributed by atoms with Crippen LogP contribution >= 0.6 is 15.9 Å². The number of aromatic nitrogens is 2. The number of hydrogen-bond donors (Lipinski definition) is 1. The highest BCUT2D eigenvalue weighted by Gasteiger charge is 2.09. The summed E-state index contributed by atoms with van der Waals surface area (Å²) >= 11 is 3.39. The lowest BCUT2D eigenvalue weighted by molar-refractivity contribution is 0.505. The van der Waals surface area contributed by atoms with Gasteiger partial charge in [0.1, 0.15) is 5.82 Å². The van der Waals surface area contributed by atoms with Gasteiger partial charge in [0.2, 0.25) is 0 Å². The van der Waals surface area contributed by atoms with Gasteiger partial charge in [0.15, 0.2) is 0 Å². The Morgan fingerprint density at radius 2 is 2.32 bits per heavy atom. The molecule has 1 unspecified atom stereocenters. The van der Waals surface area contributed by atoms with Gasteiger partial charge >= 0.3 is 0 Å². The second-order valence-corrected chi connectivity index (χ2v) is 5.32. The van der Waals surface area contributed by atoms with E-state index in [2.05, 4.69) is 33.3 Å². The zero-order chi connectivity index (χ0) is 13.7. The van der Waals surface area contributed by atoms with Crippen LogP contribution in [0.25, 0.3) is 0 Å². The monoisotopic (exact) mass is 325 g/mol. The number of benzene rings is 1. The van der Waals surface area contributed by atoms with Gasteiger partial charge in [-0.2, -0.15) is 5.10 Å². The highest BCUT2D eigenvalue weighted by Crippen LogP contribution is 2.23. The molecule has 1 aromatic carbocycles. The molecule has 3 nitrogen and oxygen atoms in total. The van der Waals surface area contributed by atoms with Crippen LogP contribution in [0.3, 0.4) is 0 Å². The predicted molar refractivity (Wildman–Crippen MR) is 77.4 cm³/mol. The van der Waals surface area contributed by atoms with E-state index >= 15 is 0 Å². The molecular formula is C14H17BrFN3. The van der Waals surface area contributed by atoms with Crippen molar-refractivity contribution in [3.8, 4) is 0 Å². The maximum atomic E-state index is 13.0. The summed E-state index contributed by atoms with van der Waals surface area (Å²) in [5, 5.41) is 7.58. The second kappa shape index (κ2) is 6.82. The molecule has 5 heteroatoms. The Balaban J connectivity index is 1.79. The van der Waals surface area contributed by atoms with Gasteiger partial charge < -0.3 is 5.32 Å². The van der Waals surface area contributed by atoms with Gasteiger partial charge in [0.05, 0.1) is 0 Å². The lowest BCUT2D eigenvalue weighted by Gasteiger charge is -2.16. The SMILES string of the molecule is CC(NCCCn1cccn1)c1ccc(F)cc1Br. The summed E-state index contributed by atoms with van der Waals surface area (Å²) in [4.78, 5) is 0. The number of nitrogens with one attached hydrogen (secondary N) is 1. The molecule has 1 aromatic heterocycles. The Labute approximate surface area is 121 Å². The first-order valence-corrected chi connectivity index (χ1v) is 7.12. The lowest BCUT2D eigenvalue weighted by Crippen LogP contribution is -2.21. The van der Waals surface area contributed by atoms with Crippen LogP contribution in [0.1, 0.15) is 24.9 Å². The highest BCUT2D eigenvalue weighted by atomic mass is 79.9. The van der Waals surface area contributed by atoms with Crippen molar-refractivity contribution in [1.29, 1.82) is 0 Å². The van der Waals surface area contributed by atoms with E-state index < -0.39 is 0 Å². The van der Waals surface area contributed by atoms with Crippen molar-refractivity contribution in [2.45, 2.75) is 25.9 Å². The Hall–Kier alpha value is -1.20. The molecule has 1 atom stereocenters. The first kappa shape index (κ1) is 14.2. The molecule has 102 valence electrons. The van der Waals surface area contributed by atoms with Crippen molar-refractivity contribution >= 4 is 15.9 Å². The average Bonchev–Trinajstić information content (AvgIpc) is 2.87. The molecule has 2 rings (SSSR count). The van der Waals surface area contributed by atoms with Gasteiger partial charge in [-0.3, -0.25) is 4.68 Å². The Morgan fingerprint density at radius 1 is 1.47 bits per heavy atom. The van der Waals surface area contributed by atoms with E-state index in [1.54, 1.807) is 6.20 Å². The van der Waals surface area contributed by atoms with E-state index in [4.69, 9.17) is 0 Å². The smallest absolute Gasteiger partial charge is 0.124 e. The normalized spacial score (nSPS) is 12.6. The van der Waals surface area contributed by atoms with Crippen LogP contribution in [0.5, 0.6) is 0 Å². The molecule has 2 aromatic rings. The van der Waals surface area contributed by atoms with Gasteiger partial charge in [0, 0.05) is 29.5 Å². The number of nitrogens with zero attached hydrogens (tertiary/aromatic N) is 2. The largest absolute Gasteiger partial charge is 0.310 e. The summed E-state index contributed by atoms with van der Waals surface area (Å²) in [5.74, 6) is -0.221. The maximum Gasteiger partial charge on any atom is 0.124 e. The number of hydrogen-bond acceptors (Lipinski definition) is 2. The minimum atomic E-state index is -0.221.